The number of carbonyl (C=O) groups is 1. The van der Waals surface area contributed by atoms with Gasteiger partial charge >= 0.3 is 18.7 Å². The maximum atomic E-state index is 13.5. The number of benzene rings is 1. The number of rotatable bonds is 6. The number of ether oxygens (including phenoxy) is 1. The molecule has 7 nitrogen and oxygen atoms in total. The molecule has 2 aromatic heterocycles. The molecule has 0 spiro atoms. The first-order valence-corrected chi connectivity index (χ1v) is 10.1. The van der Waals surface area contributed by atoms with Gasteiger partial charge in [0.2, 0.25) is 10.9 Å². The topological polar surface area (TPSA) is 97.5 Å². The van der Waals surface area contributed by atoms with Crippen molar-refractivity contribution in [2.45, 2.75) is 37.7 Å². The van der Waals surface area contributed by atoms with Crippen LogP contribution in [0.25, 0.3) is 11.3 Å². The predicted octanol–water partition coefficient (Wildman–Crippen LogP) is 5.82. The molecular formula is C19H12F9N3O4S. The van der Waals surface area contributed by atoms with E-state index in [4.69, 9.17) is 4.42 Å². The van der Waals surface area contributed by atoms with Crippen molar-refractivity contribution in [3.63, 3.8) is 0 Å². The minimum absolute atomic E-state index is 0.283. The van der Waals surface area contributed by atoms with Gasteiger partial charge in [-0.15, -0.1) is 13.2 Å². The molecule has 3 aromatic rings. The first-order chi connectivity index (χ1) is 16.4. The Balaban J connectivity index is 1.87. The first-order valence-electron chi connectivity index (χ1n) is 9.36. The number of hydrogen-bond donors (Lipinski definition) is 2. The fourth-order valence-corrected chi connectivity index (χ4v) is 3.29. The minimum atomic E-state index is -5.21. The molecule has 2 heterocycles. The predicted molar refractivity (Wildman–Crippen MR) is 104 cm³/mol. The Morgan fingerprint density at radius 2 is 1.78 bits per heavy atom. The van der Waals surface area contributed by atoms with Crippen LogP contribution in [0, 0.1) is 0 Å². The van der Waals surface area contributed by atoms with Gasteiger partial charge in [0.25, 0.3) is 5.91 Å². The van der Waals surface area contributed by atoms with Crippen LogP contribution in [-0.4, -0.2) is 38.5 Å². The van der Waals surface area contributed by atoms with E-state index in [1.807, 2.05) is 5.32 Å². The summed E-state index contributed by atoms with van der Waals surface area (Å²) in [6.07, 6.45) is -16.4. The minimum Gasteiger partial charge on any atom is -0.451 e. The molecule has 36 heavy (non-hydrogen) atoms. The fraction of sp³-hybridized carbons (Fsp3) is 0.316. The molecule has 0 aliphatic carbocycles. The van der Waals surface area contributed by atoms with Gasteiger partial charge < -0.3 is 14.3 Å². The largest absolute Gasteiger partial charge is 0.573 e. The Labute approximate surface area is 198 Å². The molecule has 0 radical (unpaired) electrons. The summed E-state index contributed by atoms with van der Waals surface area (Å²) in [5, 5.41) is 10.9. The molecule has 1 amide bonds. The molecule has 2 N–H and O–H groups in total. The second-order valence-electron chi connectivity index (χ2n) is 7.35. The number of hydrogen-bond acceptors (Lipinski definition) is 7. The molecule has 196 valence electrons. The van der Waals surface area contributed by atoms with Crippen LogP contribution in [0.3, 0.4) is 0 Å². The number of nitrogens with one attached hydrogen (secondary N) is 1. The number of carbonyl (C=O) groups excluding carboxylic acids is 1. The third-order valence-electron chi connectivity index (χ3n) is 4.39. The highest BCUT2D eigenvalue weighted by molar-refractivity contribution is 7.09. The molecule has 1 atom stereocenters. The highest BCUT2D eigenvalue weighted by Gasteiger charge is 2.50. The lowest BCUT2D eigenvalue weighted by molar-refractivity contribution is -0.274. The molecule has 0 fully saturated rings. The quantitative estimate of drug-likeness (QED) is 0.376. The van der Waals surface area contributed by atoms with E-state index < -0.39 is 70.4 Å². The van der Waals surface area contributed by atoms with E-state index in [0.29, 0.717) is 24.5 Å². The van der Waals surface area contributed by atoms with Crippen molar-refractivity contribution in [1.29, 1.82) is 0 Å². The second-order valence-corrected chi connectivity index (χ2v) is 8.10. The van der Waals surface area contributed by atoms with Crippen molar-refractivity contribution in [1.82, 2.24) is 9.36 Å². The van der Waals surface area contributed by atoms with E-state index in [1.165, 1.54) is 0 Å². The van der Waals surface area contributed by atoms with Gasteiger partial charge in [-0.25, -0.2) is 4.98 Å². The van der Waals surface area contributed by atoms with Crippen molar-refractivity contribution >= 4 is 22.6 Å². The van der Waals surface area contributed by atoms with Gasteiger partial charge in [-0.05, 0) is 25.1 Å². The van der Waals surface area contributed by atoms with Crippen molar-refractivity contribution in [3.8, 4) is 17.1 Å². The summed E-state index contributed by atoms with van der Waals surface area (Å²) in [5.41, 5.74) is -4.57. The zero-order chi connectivity index (χ0) is 27.1. The standard InChI is InChI=1S/C19H12F9N3O4S/c1-16(33,18(23,24)25)7-12-29-15(36-31-12)30-14(32)10-6-11(34-13(10)17(20,21)22)8-3-2-4-9(5-8)35-19(26,27)28/h2-6,33H,7H2,1H3,(H,29,30,31,32). The third-order valence-corrected chi connectivity index (χ3v) is 5.06. The average Bonchev–Trinajstić information content (AvgIpc) is 3.32. The Bertz CT molecular complexity index is 1250. The zero-order valence-electron chi connectivity index (χ0n) is 17.5. The number of alkyl halides is 9. The van der Waals surface area contributed by atoms with Crippen molar-refractivity contribution in [3.05, 3.63) is 47.5 Å². The third kappa shape index (κ3) is 6.45. The summed E-state index contributed by atoms with van der Waals surface area (Å²) in [6.45, 7) is 0.462. The number of anilines is 1. The maximum absolute atomic E-state index is 13.5. The lowest BCUT2D eigenvalue weighted by atomic mass is 10.0. The van der Waals surface area contributed by atoms with E-state index in [0.717, 1.165) is 24.3 Å². The van der Waals surface area contributed by atoms with Gasteiger partial charge in [-0.3, -0.25) is 10.1 Å². The van der Waals surface area contributed by atoms with Gasteiger partial charge in [0.1, 0.15) is 17.3 Å². The number of amides is 1. The average molecular weight is 549 g/mol. The summed E-state index contributed by atoms with van der Waals surface area (Å²) in [4.78, 5) is 16.1. The second kappa shape index (κ2) is 9.27. The van der Waals surface area contributed by atoms with E-state index in [1.54, 1.807) is 0 Å². The van der Waals surface area contributed by atoms with Crippen molar-refractivity contribution < 1.29 is 58.6 Å². The summed E-state index contributed by atoms with van der Waals surface area (Å²) in [7, 11) is 0. The highest BCUT2D eigenvalue weighted by Crippen LogP contribution is 2.39. The summed E-state index contributed by atoms with van der Waals surface area (Å²) in [6, 6.07) is 4.39. The monoisotopic (exact) mass is 549 g/mol. The Morgan fingerprint density at radius 3 is 2.36 bits per heavy atom. The maximum Gasteiger partial charge on any atom is 0.573 e. The molecule has 1 unspecified atom stereocenters. The Hall–Kier alpha value is -3.34. The number of furan rings is 1. The summed E-state index contributed by atoms with van der Waals surface area (Å²) < 4.78 is 128. The van der Waals surface area contributed by atoms with Gasteiger partial charge in [0, 0.05) is 23.5 Å². The molecule has 0 aliphatic heterocycles. The molecule has 17 heteroatoms. The first kappa shape index (κ1) is 27.3. The van der Waals surface area contributed by atoms with Gasteiger partial charge in [-0.2, -0.15) is 30.7 Å². The van der Waals surface area contributed by atoms with Crippen molar-refractivity contribution in [2.24, 2.45) is 0 Å². The van der Waals surface area contributed by atoms with Crippen LogP contribution < -0.4 is 10.1 Å². The number of nitrogens with zero attached hydrogens (tertiary/aromatic N) is 2. The fourth-order valence-electron chi connectivity index (χ4n) is 2.71. The SMILES string of the molecule is CC(O)(Cc1nsc(NC(=O)c2cc(-c3cccc(OC(F)(F)F)c3)oc2C(F)(F)F)n1)C(F)(F)F. The summed E-state index contributed by atoms with van der Waals surface area (Å²) in [5.74, 6) is -5.15. The van der Waals surface area contributed by atoms with Crippen LogP contribution in [-0.2, 0) is 12.6 Å². The Morgan fingerprint density at radius 1 is 1.11 bits per heavy atom. The van der Waals surface area contributed by atoms with Crippen molar-refractivity contribution in [2.75, 3.05) is 5.32 Å². The van der Waals surface area contributed by atoms with Crippen LogP contribution >= 0.6 is 11.5 Å². The molecule has 0 aliphatic rings. The zero-order valence-corrected chi connectivity index (χ0v) is 18.3. The van der Waals surface area contributed by atoms with Crippen LogP contribution in [0.2, 0.25) is 0 Å². The lowest BCUT2D eigenvalue weighted by Gasteiger charge is -2.24. The smallest absolute Gasteiger partial charge is 0.451 e. The Kier molecular flexibility index (Phi) is 7.02. The molecule has 0 saturated carbocycles. The van der Waals surface area contributed by atoms with E-state index in [2.05, 4.69) is 14.1 Å². The van der Waals surface area contributed by atoms with Gasteiger partial charge in [-0.1, -0.05) is 12.1 Å². The van der Waals surface area contributed by atoms with Crippen LogP contribution in [0.1, 0.15) is 28.9 Å². The van der Waals surface area contributed by atoms with E-state index >= 15 is 0 Å². The molecule has 3 rings (SSSR count). The number of halogens is 9. The summed E-state index contributed by atoms with van der Waals surface area (Å²) >= 11 is 0.341. The van der Waals surface area contributed by atoms with Crippen LogP contribution in [0.5, 0.6) is 5.75 Å². The molecule has 0 bridgehead atoms. The normalized spacial score (nSPS) is 14.4. The van der Waals surface area contributed by atoms with Gasteiger partial charge in [0.05, 0.1) is 5.56 Å². The number of aromatic nitrogens is 2. The molecular weight excluding hydrogens is 537 g/mol. The van der Waals surface area contributed by atoms with Gasteiger partial charge in [0.15, 0.2) is 5.60 Å². The van der Waals surface area contributed by atoms with E-state index in [9.17, 15) is 49.4 Å². The lowest BCUT2D eigenvalue weighted by Crippen LogP contribution is -2.44. The molecule has 1 aromatic carbocycles. The van der Waals surface area contributed by atoms with Crippen LogP contribution in [0.15, 0.2) is 34.7 Å². The molecule has 0 saturated heterocycles. The van der Waals surface area contributed by atoms with Crippen LogP contribution in [0.4, 0.5) is 44.6 Å². The highest BCUT2D eigenvalue weighted by atomic mass is 32.1. The van der Waals surface area contributed by atoms with E-state index in [-0.39, 0.29) is 5.56 Å². The number of aliphatic hydroxyl groups is 1.